The second-order valence-electron chi connectivity index (χ2n) is 11.9. The largest absolute Gasteiger partial charge is 0.353 e. The third kappa shape index (κ3) is 7.18. The van der Waals surface area contributed by atoms with Gasteiger partial charge in [0, 0.05) is 55.8 Å². The molecule has 0 saturated carbocycles. The molecular formula is C32H42N4O. The van der Waals surface area contributed by atoms with Gasteiger partial charge in [0.05, 0.1) is 0 Å². The minimum Gasteiger partial charge on any atom is -0.353 e. The molecule has 1 amide bonds. The standard InChI is InChI=1S/C32H42N4O/c1-23-11-10-14-27(19-23)30-33-25(3)28(21-26-12-8-7-9-13-26)31(34-30)36-17-15-35(16-18-36)29(37)20-24(2)22-32(4,5)6/h7-14,19,24H,15-18,20-22H2,1-6H3/t24-/m0/s1. The van der Waals surface area contributed by atoms with Gasteiger partial charge in [-0.15, -0.1) is 0 Å². The fourth-order valence-electron chi connectivity index (χ4n) is 5.48. The molecule has 0 spiro atoms. The van der Waals surface area contributed by atoms with Crippen LogP contribution in [-0.4, -0.2) is 47.0 Å². The van der Waals surface area contributed by atoms with Crippen molar-refractivity contribution in [3.05, 3.63) is 77.0 Å². The quantitative estimate of drug-likeness (QED) is 0.375. The van der Waals surface area contributed by atoms with Crippen molar-refractivity contribution in [2.45, 2.75) is 60.8 Å². The van der Waals surface area contributed by atoms with Crippen LogP contribution < -0.4 is 4.90 Å². The van der Waals surface area contributed by atoms with Crippen LogP contribution in [-0.2, 0) is 11.2 Å². The molecule has 4 rings (SSSR count). The monoisotopic (exact) mass is 498 g/mol. The van der Waals surface area contributed by atoms with Crippen molar-refractivity contribution < 1.29 is 4.79 Å². The summed E-state index contributed by atoms with van der Waals surface area (Å²) in [5.41, 5.74) is 5.91. The molecule has 1 saturated heterocycles. The van der Waals surface area contributed by atoms with Crippen molar-refractivity contribution in [1.29, 1.82) is 0 Å². The van der Waals surface area contributed by atoms with Crippen LogP contribution >= 0.6 is 0 Å². The third-order valence-corrected chi connectivity index (χ3v) is 7.11. The van der Waals surface area contributed by atoms with Crippen LogP contribution in [0.3, 0.4) is 0 Å². The van der Waals surface area contributed by atoms with E-state index in [0.29, 0.717) is 12.3 Å². The van der Waals surface area contributed by atoms with Crippen LogP contribution in [0.2, 0.25) is 0 Å². The van der Waals surface area contributed by atoms with E-state index in [-0.39, 0.29) is 11.3 Å². The number of anilines is 1. The van der Waals surface area contributed by atoms with E-state index in [9.17, 15) is 4.79 Å². The second kappa shape index (κ2) is 11.5. The molecule has 196 valence electrons. The van der Waals surface area contributed by atoms with Crippen molar-refractivity contribution in [3.63, 3.8) is 0 Å². The summed E-state index contributed by atoms with van der Waals surface area (Å²) in [5.74, 6) is 2.44. The summed E-state index contributed by atoms with van der Waals surface area (Å²) in [6.45, 7) is 16.2. The highest BCUT2D eigenvalue weighted by Gasteiger charge is 2.27. The summed E-state index contributed by atoms with van der Waals surface area (Å²) in [6, 6.07) is 18.9. The zero-order chi connectivity index (χ0) is 26.6. The molecule has 1 aliphatic heterocycles. The summed E-state index contributed by atoms with van der Waals surface area (Å²) >= 11 is 0. The lowest BCUT2D eigenvalue weighted by Crippen LogP contribution is -2.49. The van der Waals surface area contributed by atoms with Gasteiger partial charge < -0.3 is 9.80 Å². The Balaban J connectivity index is 1.56. The van der Waals surface area contributed by atoms with Crippen molar-refractivity contribution in [2.24, 2.45) is 11.3 Å². The average molecular weight is 499 g/mol. The Morgan fingerprint density at radius 3 is 2.30 bits per heavy atom. The van der Waals surface area contributed by atoms with E-state index in [4.69, 9.17) is 9.97 Å². The Bertz CT molecular complexity index is 1210. The van der Waals surface area contributed by atoms with Gasteiger partial charge in [-0.2, -0.15) is 0 Å². The first-order valence-electron chi connectivity index (χ1n) is 13.6. The van der Waals surface area contributed by atoms with E-state index >= 15 is 0 Å². The molecule has 0 radical (unpaired) electrons. The highest BCUT2D eigenvalue weighted by Crippen LogP contribution is 2.30. The molecule has 0 N–H and O–H groups in total. The number of amides is 1. The van der Waals surface area contributed by atoms with Crippen molar-refractivity contribution in [2.75, 3.05) is 31.1 Å². The smallest absolute Gasteiger partial charge is 0.222 e. The van der Waals surface area contributed by atoms with Gasteiger partial charge in [0.15, 0.2) is 5.82 Å². The Morgan fingerprint density at radius 2 is 1.65 bits per heavy atom. The SMILES string of the molecule is Cc1cccc(-c2nc(C)c(Cc3ccccc3)c(N3CCN(C(=O)C[C@H](C)CC(C)(C)C)CC3)n2)c1. The van der Waals surface area contributed by atoms with Gasteiger partial charge >= 0.3 is 0 Å². The first-order chi connectivity index (χ1) is 17.6. The molecule has 37 heavy (non-hydrogen) atoms. The number of benzene rings is 2. The Kier molecular flexibility index (Phi) is 8.31. The van der Waals surface area contributed by atoms with Crippen molar-refractivity contribution >= 4 is 11.7 Å². The van der Waals surface area contributed by atoms with Gasteiger partial charge in [-0.1, -0.05) is 81.8 Å². The van der Waals surface area contributed by atoms with Gasteiger partial charge in [-0.05, 0) is 43.2 Å². The first kappa shape index (κ1) is 26.8. The summed E-state index contributed by atoms with van der Waals surface area (Å²) in [6.07, 6.45) is 2.48. The Labute approximate surface area is 222 Å². The maximum Gasteiger partial charge on any atom is 0.222 e. The molecule has 3 aromatic rings. The molecule has 1 aliphatic rings. The molecule has 5 heteroatoms. The van der Waals surface area contributed by atoms with Crippen LogP contribution in [0, 0.1) is 25.2 Å². The van der Waals surface area contributed by atoms with E-state index in [1.807, 2.05) is 11.0 Å². The molecule has 2 aromatic carbocycles. The summed E-state index contributed by atoms with van der Waals surface area (Å²) in [7, 11) is 0. The highest BCUT2D eigenvalue weighted by atomic mass is 16.2. The number of carbonyl (C=O) groups is 1. The zero-order valence-corrected chi connectivity index (χ0v) is 23.4. The maximum atomic E-state index is 13.1. The Morgan fingerprint density at radius 1 is 0.946 bits per heavy atom. The van der Waals surface area contributed by atoms with E-state index in [1.54, 1.807) is 0 Å². The summed E-state index contributed by atoms with van der Waals surface area (Å²) in [4.78, 5) is 27.5. The molecule has 5 nitrogen and oxygen atoms in total. The number of piperazine rings is 1. The fourth-order valence-corrected chi connectivity index (χ4v) is 5.48. The van der Waals surface area contributed by atoms with E-state index in [1.165, 1.54) is 16.7 Å². The Hall–Kier alpha value is -3.21. The molecule has 1 aromatic heterocycles. The number of carbonyl (C=O) groups excluding carboxylic acids is 1. The molecule has 0 bridgehead atoms. The lowest BCUT2D eigenvalue weighted by molar-refractivity contribution is -0.132. The number of rotatable bonds is 7. The number of nitrogens with zero attached hydrogens (tertiary/aromatic N) is 4. The van der Waals surface area contributed by atoms with Gasteiger partial charge in [-0.25, -0.2) is 9.97 Å². The van der Waals surface area contributed by atoms with Gasteiger partial charge in [-0.3, -0.25) is 4.79 Å². The fraction of sp³-hybridized carbons (Fsp3) is 0.469. The van der Waals surface area contributed by atoms with Crippen LogP contribution in [0.25, 0.3) is 11.4 Å². The average Bonchev–Trinajstić information content (AvgIpc) is 2.84. The van der Waals surface area contributed by atoms with Crippen molar-refractivity contribution in [1.82, 2.24) is 14.9 Å². The first-order valence-corrected chi connectivity index (χ1v) is 13.6. The van der Waals surface area contributed by atoms with E-state index < -0.39 is 0 Å². The van der Waals surface area contributed by atoms with E-state index in [2.05, 4.69) is 95.0 Å². The maximum absolute atomic E-state index is 13.1. The van der Waals surface area contributed by atoms with Crippen LogP contribution in [0.15, 0.2) is 54.6 Å². The van der Waals surface area contributed by atoms with E-state index in [0.717, 1.165) is 61.9 Å². The third-order valence-electron chi connectivity index (χ3n) is 7.11. The molecular weight excluding hydrogens is 456 g/mol. The van der Waals surface area contributed by atoms with Crippen LogP contribution in [0.4, 0.5) is 5.82 Å². The zero-order valence-electron chi connectivity index (χ0n) is 23.4. The highest BCUT2D eigenvalue weighted by molar-refractivity contribution is 5.77. The number of hydrogen-bond acceptors (Lipinski definition) is 4. The summed E-state index contributed by atoms with van der Waals surface area (Å²) < 4.78 is 0. The molecule has 1 fully saturated rings. The lowest BCUT2D eigenvalue weighted by Gasteiger charge is -2.37. The van der Waals surface area contributed by atoms with Gasteiger partial charge in [0.1, 0.15) is 5.82 Å². The normalized spacial score (nSPS) is 15.1. The minimum atomic E-state index is 0.243. The van der Waals surface area contributed by atoms with Crippen LogP contribution in [0.1, 0.15) is 62.9 Å². The molecule has 2 heterocycles. The molecule has 1 atom stereocenters. The predicted octanol–water partition coefficient (Wildman–Crippen LogP) is 6.46. The lowest BCUT2D eigenvalue weighted by atomic mass is 9.84. The van der Waals surface area contributed by atoms with Crippen LogP contribution in [0.5, 0.6) is 0 Å². The minimum absolute atomic E-state index is 0.243. The number of hydrogen-bond donors (Lipinski definition) is 0. The molecule has 0 unspecified atom stereocenters. The van der Waals surface area contributed by atoms with Gasteiger partial charge in [0.2, 0.25) is 5.91 Å². The molecule has 0 aliphatic carbocycles. The summed E-state index contributed by atoms with van der Waals surface area (Å²) in [5, 5.41) is 0. The topological polar surface area (TPSA) is 49.3 Å². The predicted molar refractivity (Wildman–Crippen MR) is 153 cm³/mol. The van der Waals surface area contributed by atoms with Gasteiger partial charge in [0.25, 0.3) is 0 Å². The number of aromatic nitrogens is 2. The number of aryl methyl sites for hydroxylation is 2. The van der Waals surface area contributed by atoms with Crippen molar-refractivity contribution in [3.8, 4) is 11.4 Å². The second-order valence-corrected chi connectivity index (χ2v) is 11.9.